The molecule has 2 aromatic heterocycles. The Kier molecular flexibility index (Phi) is 9.28. The summed E-state index contributed by atoms with van der Waals surface area (Å²) in [5, 5.41) is 22.4. The lowest BCUT2D eigenvalue weighted by Crippen LogP contribution is -2.20. The maximum absolute atomic E-state index is 12.5. The molecule has 39 heavy (non-hydrogen) atoms. The summed E-state index contributed by atoms with van der Waals surface area (Å²) in [7, 11) is 0. The number of unbranched alkanes of at least 4 members (excludes halogenated alkanes) is 1. The van der Waals surface area contributed by atoms with Crippen LogP contribution in [0.3, 0.4) is 0 Å². The lowest BCUT2D eigenvalue weighted by Gasteiger charge is -2.12. The van der Waals surface area contributed by atoms with Gasteiger partial charge in [-0.3, -0.25) is 9.89 Å². The Morgan fingerprint density at radius 1 is 1.00 bits per heavy atom. The molecule has 0 atom stereocenters. The molecule has 0 bridgehead atoms. The van der Waals surface area contributed by atoms with Crippen LogP contribution < -0.4 is 21.1 Å². The number of rotatable bonds is 14. The maximum atomic E-state index is 12.5. The zero-order chi connectivity index (χ0) is 27.7. The minimum Gasteiger partial charge on any atom is -0.406 e. The van der Waals surface area contributed by atoms with E-state index in [1.54, 1.807) is 18.6 Å². The molecule has 4 rings (SSSR count). The summed E-state index contributed by atoms with van der Waals surface area (Å²) >= 11 is 0. The van der Waals surface area contributed by atoms with Crippen LogP contribution in [0, 0.1) is 0 Å². The molecule has 0 unspecified atom stereocenters. The number of nitrogens with zero attached hydrogens (tertiary/aromatic N) is 3. The van der Waals surface area contributed by atoms with Crippen LogP contribution in [0.25, 0.3) is 22.0 Å². The quantitative estimate of drug-likeness (QED) is 0.175. The lowest BCUT2D eigenvalue weighted by atomic mass is 10.1. The Hall–Kier alpha value is -4.23. The fourth-order valence-corrected chi connectivity index (χ4v) is 3.97. The van der Waals surface area contributed by atoms with Gasteiger partial charge in [0.2, 0.25) is 5.91 Å². The molecule has 0 fully saturated rings. The Morgan fingerprint density at radius 3 is 2.64 bits per heavy atom. The summed E-state index contributed by atoms with van der Waals surface area (Å²) in [6, 6.07) is 9.58. The second kappa shape index (κ2) is 13.0. The number of carbonyl (C=O) groups is 1. The van der Waals surface area contributed by atoms with Crippen molar-refractivity contribution in [2.45, 2.75) is 25.7 Å². The lowest BCUT2D eigenvalue weighted by molar-refractivity contribution is -0.274. The number of carbonyl (C=O) groups excluding carboxylic acids is 1. The van der Waals surface area contributed by atoms with Crippen molar-refractivity contribution in [3.05, 3.63) is 66.1 Å². The number of halogens is 3. The van der Waals surface area contributed by atoms with Crippen molar-refractivity contribution in [2.24, 2.45) is 5.73 Å². The number of benzene rings is 2. The highest BCUT2D eigenvalue weighted by Gasteiger charge is 2.31. The van der Waals surface area contributed by atoms with Gasteiger partial charge in [0.15, 0.2) is 0 Å². The summed E-state index contributed by atoms with van der Waals surface area (Å²) in [4.78, 5) is 11.4. The molecule has 1 amide bonds. The van der Waals surface area contributed by atoms with E-state index in [1.807, 2.05) is 18.2 Å². The number of amides is 1. The van der Waals surface area contributed by atoms with Crippen LogP contribution in [0.2, 0.25) is 0 Å². The normalized spacial score (nSPS) is 11.6. The third-order valence-electron chi connectivity index (χ3n) is 5.74. The molecule has 0 spiro atoms. The SMILES string of the molecule is NC(=O)c1cc(CNCCCCOCCNc2cc(-c3ccnnc3)cc3[nH]ncc23)cc(OC(F)(F)F)c1. The number of nitrogens with one attached hydrogen (secondary N) is 3. The van der Waals surface area contributed by atoms with Gasteiger partial charge in [-0.05, 0) is 66.9 Å². The van der Waals surface area contributed by atoms with Gasteiger partial charge in [-0.2, -0.15) is 15.3 Å². The number of primary amides is 1. The summed E-state index contributed by atoms with van der Waals surface area (Å²) in [6.07, 6.45) is 1.86. The van der Waals surface area contributed by atoms with Crippen molar-refractivity contribution < 1.29 is 27.4 Å². The van der Waals surface area contributed by atoms with Gasteiger partial charge in [-0.1, -0.05) is 0 Å². The van der Waals surface area contributed by atoms with E-state index in [2.05, 4.69) is 35.8 Å². The summed E-state index contributed by atoms with van der Waals surface area (Å²) in [5.41, 5.74) is 9.41. The number of hydrogen-bond donors (Lipinski definition) is 4. The van der Waals surface area contributed by atoms with Crippen molar-refractivity contribution in [2.75, 3.05) is 31.6 Å². The number of hydrogen-bond acceptors (Lipinski definition) is 8. The third-order valence-corrected chi connectivity index (χ3v) is 5.74. The molecule has 206 valence electrons. The average molecular weight is 544 g/mol. The van der Waals surface area contributed by atoms with Gasteiger partial charge in [-0.15, -0.1) is 13.2 Å². The van der Waals surface area contributed by atoms with Crippen LogP contribution in [-0.2, 0) is 11.3 Å². The number of ether oxygens (including phenoxy) is 2. The van der Waals surface area contributed by atoms with E-state index in [0.717, 1.165) is 46.6 Å². The maximum Gasteiger partial charge on any atom is 0.573 e. The zero-order valence-corrected chi connectivity index (χ0v) is 20.9. The highest BCUT2D eigenvalue weighted by atomic mass is 19.4. The van der Waals surface area contributed by atoms with Gasteiger partial charge in [0.25, 0.3) is 0 Å². The van der Waals surface area contributed by atoms with E-state index in [-0.39, 0.29) is 12.1 Å². The highest BCUT2D eigenvalue weighted by Crippen LogP contribution is 2.29. The van der Waals surface area contributed by atoms with Gasteiger partial charge in [0.05, 0.1) is 30.7 Å². The van der Waals surface area contributed by atoms with Crippen molar-refractivity contribution >= 4 is 22.5 Å². The average Bonchev–Trinajstić information content (AvgIpc) is 3.38. The monoisotopic (exact) mass is 543 g/mol. The highest BCUT2D eigenvalue weighted by molar-refractivity contribution is 5.95. The van der Waals surface area contributed by atoms with Crippen LogP contribution in [0.5, 0.6) is 5.75 Å². The number of aromatic amines is 1. The Bertz CT molecular complexity index is 1380. The van der Waals surface area contributed by atoms with Gasteiger partial charge < -0.3 is 25.8 Å². The third kappa shape index (κ3) is 8.38. The van der Waals surface area contributed by atoms with Gasteiger partial charge in [0, 0.05) is 41.9 Å². The molecular weight excluding hydrogens is 515 g/mol. The van der Waals surface area contributed by atoms with Crippen LogP contribution in [0.1, 0.15) is 28.8 Å². The molecule has 10 nitrogen and oxygen atoms in total. The van der Waals surface area contributed by atoms with Gasteiger partial charge >= 0.3 is 6.36 Å². The molecule has 2 heterocycles. The van der Waals surface area contributed by atoms with E-state index >= 15 is 0 Å². The van der Waals surface area contributed by atoms with Gasteiger partial charge in [0.1, 0.15) is 5.75 Å². The van der Waals surface area contributed by atoms with E-state index in [9.17, 15) is 18.0 Å². The molecule has 0 saturated heterocycles. The number of H-pyrrole nitrogens is 1. The topological polar surface area (TPSA) is 140 Å². The molecule has 4 aromatic rings. The molecule has 0 aliphatic rings. The minimum absolute atomic E-state index is 0.0508. The van der Waals surface area contributed by atoms with E-state index in [4.69, 9.17) is 10.5 Å². The molecular formula is C26H28F3N7O3. The molecule has 2 aromatic carbocycles. The van der Waals surface area contributed by atoms with Crippen molar-refractivity contribution in [1.82, 2.24) is 25.7 Å². The van der Waals surface area contributed by atoms with Crippen LogP contribution >= 0.6 is 0 Å². The van der Waals surface area contributed by atoms with Crippen LogP contribution in [0.4, 0.5) is 18.9 Å². The molecule has 0 radical (unpaired) electrons. The first-order valence-electron chi connectivity index (χ1n) is 12.2. The van der Waals surface area contributed by atoms with Gasteiger partial charge in [-0.25, -0.2) is 0 Å². The predicted octanol–water partition coefficient (Wildman–Crippen LogP) is 4.02. The largest absolute Gasteiger partial charge is 0.573 e. The number of anilines is 1. The number of aromatic nitrogens is 4. The minimum atomic E-state index is -4.86. The first-order chi connectivity index (χ1) is 18.8. The summed E-state index contributed by atoms with van der Waals surface area (Å²) in [6.45, 7) is 2.56. The zero-order valence-electron chi connectivity index (χ0n) is 20.9. The van der Waals surface area contributed by atoms with E-state index < -0.39 is 18.0 Å². The molecule has 0 aliphatic heterocycles. The fraction of sp³-hybridized carbons (Fsp3) is 0.308. The number of nitrogens with two attached hydrogens (primary N) is 1. The van der Waals surface area contributed by atoms with Crippen LogP contribution in [0.15, 0.2) is 55.0 Å². The smallest absolute Gasteiger partial charge is 0.406 e. The van der Waals surface area contributed by atoms with E-state index in [1.165, 1.54) is 12.1 Å². The first-order valence-corrected chi connectivity index (χ1v) is 12.2. The Balaban J connectivity index is 1.15. The molecule has 0 aliphatic carbocycles. The molecule has 0 saturated carbocycles. The van der Waals surface area contributed by atoms with E-state index in [0.29, 0.717) is 31.9 Å². The molecule has 5 N–H and O–H groups in total. The predicted molar refractivity (Wildman–Crippen MR) is 139 cm³/mol. The Morgan fingerprint density at radius 2 is 1.87 bits per heavy atom. The van der Waals surface area contributed by atoms with Crippen molar-refractivity contribution in [3.8, 4) is 16.9 Å². The number of alkyl halides is 3. The number of fused-ring (bicyclic) bond motifs is 1. The summed E-state index contributed by atoms with van der Waals surface area (Å²) in [5.74, 6) is -1.31. The second-order valence-corrected chi connectivity index (χ2v) is 8.69. The second-order valence-electron chi connectivity index (χ2n) is 8.69. The summed E-state index contributed by atoms with van der Waals surface area (Å²) < 4.78 is 47.3. The Labute approximate surface area is 222 Å². The van der Waals surface area contributed by atoms with Crippen LogP contribution in [-0.4, -0.2) is 59.0 Å². The standard InChI is InChI=1S/C26H28F3N7O3/c27-26(28,29)39-21-10-17(9-20(11-21)25(30)37)14-31-4-1-2-7-38-8-6-32-23-12-19(18-3-5-33-34-15-18)13-24-22(23)16-35-36-24/h3,5,9-13,15-16,31-32H,1-2,4,6-8,14H2,(H2,30,37)(H,35,36). The fourth-order valence-electron chi connectivity index (χ4n) is 3.97. The van der Waals surface area contributed by atoms with Crippen molar-refractivity contribution in [3.63, 3.8) is 0 Å². The molecule has 13 heteroatoms. The first kappa shape index (κ1) is 27.8. The van der Waals surface area contributed by atoms with Crippen molar-refractivity contribution in [1.29, 1.82) is 0 Å².